The van der Waals surface area contributed by atoms with E-state index < -0.39 is 0 Å². The molecule has 0 aliphatic heterocycles. The van der Waals surface area contributed by atoms with E-state index in [1.54, 1.807) is 0 Å². The number of hydrogen-bond donors (Lipinski definition) is 0. The quantitative estimate of drug-likeness (QED) is 0.342. The molecule has 4 nitrogen and oxygen atoms in total. The van der Waals surface area contributed by atoms with Crippen molar-refractivity contribution >= 4 is 5.97 Å². The van der Waals surface area contributed by atoms with Crippen molar-refractivity contribution in [2.24, 2.45) is 0 Å². The van der Waals surface area contributed by atoms with Gasteiger partial charge in [0, 0.05) is 6.42 Å². The van der Waals surface area contributed by atoms with Gasteiger partial charge in [0.15, 0.2) is 0 Å². The first-order chi connectivity index (χ1) is 8.21. The highest BCUT2D eigenvalue weighted by molar-refractivity contribution is 5.69. The first-order valence-corrected chi connectivity index (χ1v) is 6.36. The number of aryl methyl sites for hydroxylation is 3. The van der Waals surface area contributed by atoms with Crippen LogP contribution in [0.1, 0.15) is 38.8 Å². The molecule has 0 aliphatic rings. The number of methoxy groups -OCH3 is 1. The van der Waals surface area contributed by atoms with Gasteiger partial charge in [0.05, 0.1) is 26.6 Å². The zero-order valence-electron chi connectivity index (χ0n) is 11.5. The van der Waals surface area contributed by atoms with E-state index in [0.29, 0.717) is 6.42 Å². The lowest BCUT2D eigenvalue weighted by molar-refractivity contribution is -0.693. The minimum absolute atomic E-state index is 0. The Kier molecular flexibility index (Phi) is 9.05. The molecule has 0 N–H and O–H groups in total. The second-order valence-corrected chi connectivity index (χ2v) is 4.19. The van der Waals surface area contributed by atoms with Crippen LogP contribution in [-0.4, -0.2) is 17.6 Å². The Morgan fingerprint density at radius 2 is 2.17 bits per heavy atom. The second kappa shape index (κ2) is 9.35. The molecule has 0 saturated carbocycles. The highest BCUT2D eigenvalue weighted by Gasteiger charge is 2.13. The summed E-state index contributed by atoms with van der Waals surface area (Å²) in [6.45, 7) is 6.30. The molecule has 1 heterocycles. The summed E-state index contributed by atoms with van der Waals surface area (Å²) in [5, 5.41) is 0. The number of nitrogens with zero attached hydrogens (tertiary/aromatic N) is 2. The molecule has 0 fully saturated rings. The maximum atomic E-state index is 11.1. The summed E-state index contributed by atoms with van der Waals surface area (Å²) in [4.78, 5) is 11.1. The smallest absolute Gasteiger partial charge is 0.305 e. The van der Waals surface area contributed by atoms with Crippen molar-refractivity contribution in [3.63, 3.8) is 0 Å². The molecule has 0 atom stereocenters. The molecular formula is C13H23IN2O2. The van der Waals surface area contributed by atoms with Gasteiger partial charge in [-0.15, -0.1) is 0 Å². The molecule has 18 heavy (non-hydrogen) atoms. The normalized spacial score (nSPS) is 9.94. The highest BCUT2D eigenvalue weighted by Crippen LogP contribution is 2.05. The summed E-state index contributed by atoms with van der Waals surface area (Å²) in [5.74, 6) is -0.142. The molecule has 0 aromatic carbocycles. The molecule has 0 unspecified atom stereocenters. The molecule has 0 saturated heterocycles. The summed E-state index contributed by atoms with van der Waals surface area (Å²) in [6.07, 6.45) is 7.81. The van der Waals surface area contributed by atoms with Crippen molar-refractivity contribution in [1.29, 1.82) is 0 Å². The molecule has 1 rings (SSSR count). The van der Waals surface area contributed by atoms with Gasteiger partial charge in [0.1, 0.15) is 11.9 Å². The maximum Gasteiger partial charge on any atom is 0.305 e. The molecule has 0 bridgehead atoms. The minimum Gasteiger partial charge on any atom is -1.00 e. The SMILES string of the molecule is CCCCn1c[n+](CC)cc1CCC(=O)OC.[I-]. The van der Waals surface area contributed by atoms with Gasteiger partial charge in [0.25, 0.3) is 0 Å². The second-order valence-electron chi connectivity index (χ2n) is 4.19. The Morgan fingerprint density at radius 1 is 1.44 bits per heavy atom. The molecule has 0 spiro atoms. The van der Waals surface area contributed by atoms with Gasteiger partial charge in [-0.25, -0.2) is 9.13 Å². The molecule has 0 radical (unpaired) electrons. The number of esters is 1. The van der Waals surface area contributed by atoms with Crippen LogP contribution in [0.25, 0.3) is 0 Å². The van der Waals surface area contributed by atoms with Crippen LogP contribution < -0.4 is 28.5 Å². The number of carbonyl (C=O) groups is 1. The van der Waals surface area contributed by atoms with Gasteiger partial charge >= 0.3 is 5.97 Å². The van der Waals surface area contributed by atoms with Crippen molar-refractivity contribution in [1.82, 2.24) is 4.57 Å². The van der Waals surface area contributed by atoms with Gasteiger partial charge < -0.3 is 28.7 Å². The highest BCUT2D eigenvalue weighted by atomic mass is 127. The first-order valence-electron chi connectivity index (χ1n) is 6.36. The van der Waals surface area contributed by atoms with E-state index in [9.17, 15) is 4.79 Å². The van der Waals surface area contributed by atoms with Gasteiger partial charge in [-0.05, 0) is 13.3 Å². The predicted octanol–water partition coefficient (Wildman–Crippen LogP) is -1.29. The summed E-state index contributed by atoms with van der Waals surface area (Å²) < 4.78 is 9.07. The topological polar surface area (TPSA) is 35.1 Å². The number of ether oxygens (including phenoxy) is 1. The van der Waals surface area contributed by atoms with Gasteiger partial charge in [-0.1, -0.05) is 13.3 Å². The Balaban J connectivity index is 0.00000289. The van der Waals surface area contributed by atoms with Crippen LogP contribution in [-0.2, 0) is 29.0 Å². The van der Waals surface area contributed by atoms with E-state index in [0.717, 1.165) is 19.5 Å². The van der Waals surface area contributed by atoms with Crippen LogP contribution in [0.5, 0.6) is 0 Å². The monoisotopic (exact) mass is 366 g/mol. The van der Waals surface area contributed by atoms with Crippen molar-refractivity contribution < 1.29 is 38.1 Å². The molecule has 0 amide bonds. The zero-order chi connectivity index (χ0) is 12.7. The molecule has 104 valence electrons. The van der Waals surface area contributed by atoms with Gasteiger partial charge in [-0.2, -0.15) is 0 Å². The standard InChI is InChI=1S/C13H23N2O2.HI/c1-4-6-9-15-11-14(5-2)10-12(15)7-8-13(16)17-3;/h10-11H,4-9H2,1-3H3;1H/q+1;/p-1. The number of aromatic nitrogens is 2. The summed E-state index contributed by atoms with van der Waals surface area (Å²) in [7, 11) is 1.44. The van der Waals surface area contributed by atoms with E-state index >= 15 is 0 Å². The predicted molar refractivity (Wildman–Crippen MR) is 65.5 cm³/mol. The lowest BCUT2D eigenvalue weighted by Crippen LogP contribution is -3.00. The van der Waals surface area contributed by atoms with E-state index in [-0.39, 0.29) is 29.9 Å². The number of rotatable bonds is 7. The first kappa shape index (κ1) is 17.4. The molecule has 0 aliphatic carbocycles. The van der Waals surface area contributed by atoms with Crippen LogP contribution in [0.3, 0.4) is 0 Å². The Hall–Kier alpha value is -0.590. The fraction of sp³-hybridized carbons (Fsp3) is 0.692. The van der Waals surface area contributed by atoms with E-state index in [1.165, 1.54) is 25.6 Å². The fourth-order valence-corrected chi connectivity index (χ4v) is 1.80. The number of hydrogen-bond acceptors (Lipinski definition) is 2. The zero-order valence-corrected chi connectivity index (χ0v) is 13.6. The van der Waals surface area contributed by atoms with Gasteiger partial charge in [0.2, 0.25) is 6.33 Å². The molecule has 5 heteroatoms. The Bertz CT molecular complexity index is 364. The summed E-state index contributed by atoms with van der Waals surface area (Å²) in [5.41, 5.74) is 1.21. The van der Waals surface area contributed by atoms with Crippen molar-refractivity contribution in [3.05, 3.63) is 18.2 Å². The number of imidazole rings is 1. The van der Waals surface area contributed by atoms with Crippen LogP contribution in [0, 0.1) is 0 Å². The Morgan fingerprint density at radius 3 is 2.72 bits per heavy atom. The number of carbonyl (C=O) groups excluding carboxylic acids is 1. The third-order valence-corrected chi connectivity index (χ3v) is 2.90. The third-order valence-electron chi connectivity index (χ3n) is 2.90. The van der Waals surface area contributed by atoms with Gasteiger partial charge in [-0.3, -0.25) is 4.79 Å². The van der Waals surface area contributed by atoms with Crippen molar-refractivity contribution in [2.45, 2.75) is 52.6 Å². The molecule has 1 aromatic heterocycles. The molecular weight excluding hydrogens is 343 g/mol. The maximum absolute atomic E-state index is 11.1. The largest absolute Gasteiger partial charge is 1.00 e. The summed E-state index contributed by atoms with van der Waals surface area (Å²) >= 11 is 0. The van der Waals surface area contributed by atoms with Crippen molar-refractivity contribution in [3.8, 4) is 0 Å². The lowest BCUT2D eigenvalue weighted by atomic mass is 10.2. The van der Waals surface area contributed by atoms with E-state index in [4.69, 9.17) is 0 Å². The molecule has 1 aromatic rings. The van der Waals surface area contributed by atoms with Crippen LogP contribution >= 0.6 is 0 Å². The van der Waals surface area contributed by atoms with Crippen molar-refractivity contribution in [2.75, 3.05) is 7.11 Å². The average Bonchev–Trinajstić information content (AvgIpc) is 2.75. The number of unbranched alkanes of at least 4 members (excludes halogenated alkanes) is 1. The lowest BCUT2D eigenvalue weighted by Gasteiger charge is -2.00. The van der Waals surface area contributed by atoms with E-state index in [2.05, 4.69) is 40.2 Å². The Labute approximate surface area is 126 Å². The fourth-order valence-electron chi connectivity index (χ4n) is 1.80. The minimum atomic E-state index is -0.142. The van der Waals surface area contributed by atoms with Crippen LogP contribution in [0.15, 0.2) is 12.5 Å². The van der Waals surface area contributed by atoms with Crippen LogP contribution in [0.2, 0.25) is 0 Å². The number of halogens is 1. The van der Waals surface area contributed by atoms with E-state index in [1.807, 2.05) is 0 Å². The third kappa shape index (κ3) is 5.37. The van der Waals surface area contributed by atoms with Crippen LogP contribution in [0.4, 0.5) is 0 Å². The average molecular weight is 366 g/mol. The summed E-state index contributed by atoms with van der Waals surface area (Å²) in [6, 6.07) is 0.